The third-order valence-corrected chi connectivity index (χ3v) is 5.40. The van der Waals surface area contributed by atoms with Crippen LogP contribution in [0.25, 0.3) is 0 Å². The van der Waals surface area contributed by atoms with E-state index in [0.717, 1.165) is 37.9 Å². The third-order valence-electron chi connectivity index (χ3n) is 5.40. The Morgan fingerprint density at radius 2 is 1.72 bits per heavy atom. The van der Waals surface area contributed by atoms with Crippen LogP contribution >= 0.6 is 0 Å². The van der Waals surface area contributed by atoms with Crippen molar-refractivity contribution in [2.45, 2.75) is 56.7 Å². The molecule has 0 spiro atoms. The molecule has 4 rings (SSSR count). The number of amides is 1. The first-order valence-corrected chi connectivity index (χ1v) is 9.21. The molecule has 1 aromatic carbocycles. The van der Waals surface area contributed by atoms with Crippen molar-refractivity contribution in [2.75, 3.05) is 0 Å². The van der Waals surface area contributed by atoms with Gasteiger partial charge in [-0.2, -0.15) is 0 Å². The van der Waals surface area contributed by atoms with Gasteiger partial charge in [0.25, 0.3) is 0 Å². The first-order valence-electron chi connectivity index (χ1n) is 9.21. The lowest BCUT2D eigenvalue weighted by Crippen LogP contribution is -2.49. The second-order valence-corrected chi connectivity index (χ2v) is 7.07. The maximum atomic E-state index is 12.8. The van der Waals surface area contributed by atoms with Crippen LogP contribution in [0.3, 0.4) is 0 Å². The summed E-state index contributed by atoms with van der Waals surface area (Å²) in [5, 5.41) is 0. The van der Waals surface area contributed by atoms with E-state index in [9.17, 15) is 4.79 Å². The van der Waals surface area contributed by atoms with Crippen LogP contribution in [0, 0.1) is 0 Å². The number of rotatable bonds is 5. The molecular formula is C21H24N2O2. The van der Waals surface area contributed by atoms with E-state index in [2.05, 4.69) is 22.0 Å². The molecule has 0 aliphatic carbocycles. The van der Waals surface area contributed by atoms with Crippen LogP contribution in [0.5, 0.6) is 5.75 Å². The minimum absolute atomic E-state index is 0.207. The van der Waals surface area contributed by atoms with Crippen molar-refractivity contribution >= 4 is 5.91 Å². The Labute approximate surface area is 148 Å². The summed E-state index contributed by atoms with van der Waals surface area (Å²) in [7, 11) is 0. The molecule has 2 aromatic rings. The predicted molar refractivity (Wildman–Crippen MR) is 96.3 cm³/mol. The minimum Gasteiger partial charge on any atom is -0.490 e. The highest BCUT2D eigenvalue weighted by atomic mass is 16.5. The van der Waals surface area contributed by atoms with Crippen LogP contribution in [0.2, 0.25) is 0 Å². The van der Waals surface area contributed by atoms with Crippen LogP contribution in [-0.4, -0.2) is 34.0 Å². The summed E-state index contributed by atoms with van der Waals surface area (Å²) in [6, 6.07) is 14.8. The average molecular weight is 336 g/mol. The summed E-state index contributed by atoms with van der Waals surface area (Å²) < 4.78 is 6.12. The van der Waals surface area contributed by atoms with E-state index in [1.807, 2.05) is 30.3 Å². The topological polar surface area (TPSA) is 42.4 Å². The predicted octanol–water partition coefficient (Wildman–Crippen LogP) is 3.62. The van der Waals surface area contributed by atoms with Crippen molar-refractivity contribution in [2.24, 2.45) is 0 Å². The first kappa shape index (κ1) is 16.1. The highest BCUT2D eigenvalue weighted by Gasteiger charge is 2.43. The van der Waals surface area contributed by atoms with Crippen molar-refractivity contribution < 1.29 is 9.53 Å². The lowest BCUT2D eigenvalue weighted by atomic mass is 9.98. The van der Waals surface area contributed by atoms with Crippen LogP contribution in [0.1, 0.15) is 37.7 Å². The number of piperidine rings is 1. The number of pyridine rings is 1. The van der Waals surface area contributed by atoms with Crippen molar-refractivity contribution in [3.63, 3.8) is 0 Å². The van der Waals surface area contributed by atoms with E-state index in [4.69, 9.17) is 4.74 Å². The standard InChI is InChI=1S/C21H24N2O2/c24-21(9-6-16-4-2-1-3-5-16)23-17-7-8-18(23)15-20(14-17)25-19-10-12-22-13-11-19/h1-5,10-13,17-18,20H,6-9,14-15H2. The molecule has 2 fully saturated rings. The molecule has 2 aliphatic rings. The average Bonchev–Trinajstić information content (AvgIpc) is 2.92. The van der Waals surface area contributed by atoms with Gasteiger partial charge in [-0.25, -0.2) is 0 Å². The number of aromatic nitrogens is 1. The number of carbonyl (C=O) groups is 1. The zero-order valence-electron chi connectivity index (χ0n) is 14.4. The normalized spacial score (nSPS) is 25.0. The Morgan fingerprint density at radius 3 is 2.40 bits per heavy atom. The molecule has 3 heterocycles. The minimum atomic E-state index is 0.207. The molecule has 1 amide bonds. The van der Waals surface area contributed by atoms with Gasteiger partial charge < -0.3 is 9.64 Å². The molecule has 4 heteroatoms. The fourth-order valence-electron chi connectivity index (χ4n) is 4.26. The molecule has 1 aromatic heterocycles. The molecular weight excluding hydrogens is 312 g/mol. The number of hydrogen-bond acceptors (Lipinski definition) is 3. The summed E-state index contributed by atoms with van der Waals surface area (Å²) in [5.74, 6) is 1.18. The van der Waals surface area contributed by atoms with Gasteiger partial charge in [0.2, 0.25) is 5.91 Å². The molecule has 4 nitrogen and oxygen atoms in total. The van der Waals surface area contributed by atoms with Gasteiger partial charge in [0.15, 0.2) is 0 Å². The van der Waals surface area contributed by atoms with Gasteiger partial charge in [-0.05, 0) is 37.0 Å². The third kappa shape index (κ3) is 3.68. The Morgan fingerprint density at radius 1 is 1.04 bits per heavy atom. The van der Waals surface area contributed by atoms with Crippen molar-refractivity contribution in [3.8, 4) is 5.75 Å². The Balaban J connectivity index is 1.34. The van der Waals surface area contributed by atoms with Gasteiger partial charge in [-0.1, -0.05) is 30.3 Å². The fraction of sp³-hybridized carbons (Fsp3) is 0.429. The highest BCUT2D eigenvalue weighted by molar-refractivity contribution is 5.77. The van der Waals surface area contributed by atoms with Gasteiger partial charge in [0.1, 0.15) is 11.9 Å². The van der Waals surface area contributed by atoms with E-state index in [1.54, 1.807) is 12.4 Å². The lowest BCUT2D eigenvalue weighted by molar-refractivity contribution is -0.137. The quantitative estimate of drug-likeness (QED) is 0.837. The van der Waals surface area contributed by atoms with Crippen LogP contribution in [0.4, 0.5) is 0 Å². The SMILES string of the molecule is O=C(CCc1ccccc1)N1C2CCC1CC(Oc1ccncc1)C2. The summed E-state index contributed by atoms with van der Waals surface area (Å²) in [5.41, 5.74) is 1.24. The Hall–Kier alpha value is -2.36. The molecule has 130 valence electrons. The van der Waals surface area contributed by atoms with Crippen molar-refractivity contribution in [1.29, 1.82) is 0 Å². The lowest BCUT2D eigenvalue weighted by Gasteiger charge is -2.39. The molecule has 2 atom stereocenters. The zero-order valence-corrected chi connectivity index (χ0v) is 14.4. The number of ether oxygens (including phenoxy) is 1. The number of nitrogens with zero attached hydrogens (tertiary/aromatic N) is 2. The van der Waals surface area contributed by atoms with Gasteiger partial charge in [0, 0.05) is 43.7 Å². The summed E-state index contributed by atoms with van der Waals surface area (Å²) >= 11 is 0. The molecule has 2 bridgehead atoms. The number of benzene rings is 1. The maximum absolute atomic E-state index is 12.8. The molecule has 2 aliphatic heterocycles. The second-order valence-electron chi connectivity index (χ2n) is 7.07. The van der Waals surface area contributed by atoms with Crippen LogP contribution in [-0.2, 0) is 11.2 Å². The van der Waals surface area contributed by atoms with Crippen LogP contribution in [0.15, 0.2) is 54.9 Å². The summed E-state index contributed by atoms with van der Waals surface area (Å²) in [6.07, 6.45) is 9.25. The molecule has 0 radical (unpaired) electrons. The van der Waals surface area contributed by atoms with E-state index in [-0.39, 0.29) is 6.10 Å². The number of fused-ring (bicyclic) bond motifs is 2. The largest absolute Gasteiger partial charge is 0.490 e. The van der Waals surface area contributed by atoms with Gasteiger partial charge in [-0.15, -0.1) is 0 Å². The molecule has 2 unspecified atom stereocenters. The number of hydrogen-bond donors (Lipinski definition) is 0. The Kier molecular flexibility index (Phi) is 4.68. The number of carbonyl (C=O) groups excluding carboxylic acids is 1. The monoisotopic (exact) mass is 336 g/mol. The maximum Gasteiger partial charge on any atom is 0.223 e. The van der Waals surface area contributed by atoms with E-state index >= 15 is 0 Å². The van der Waals surface area contributed by atoms with E-state index in [0.29, 0.717) is 24.4 Å². The molecule has 2 saturated heterocycles. The van der Waals surface area contributed by atoms with E-state index in [1.165, 1.54) is 5.56 Å². The second kappa shape index (κ2) is 7.26. The Bertz CT molecular complexity index is 690. The summed E-state index contributed by atoms with van der Waals surface area (Å²) in [6.45, 7) is 0. The van der Waals surface area contributed by atoms with Gasteiger partial charge in [0.05, 0.1) is 0 Å². The van der Waals surface area contributed by atoms with Crippen molar-refractivity contribution in [1.82, 2.24) is 9.88 Å². The number of aryl methyl sites for hydroxylation is 1. The molecule has 0 saturated carbocycles. The van der Waals surface area contributed by atoms with Gasteiger partial charge in [-0.3, -0.25) is 9.78 Å². The van der Waals surface area contributed by atoms with Crippen molar-refractivity contribution in [3.05, 3.63) is 60.4 Å². The van der Waals surface area contributed by atoms with E-state index < -0.39 is 0 Å². The summed E-state index contributed by atoms with van der Waals surface area (Å²) in [4.78, 5) is 19.0. The molecule has 0 N–H and O–H groups in total. The van der Waals surface area contributed by atoms with Gasteiger partial charge >= 0.3 is 0 Å². The first-order chi connectivity index (χ1) is 12.3. The van der Waals surface area contributed by atoms with Crippen LogP contribution < -0.4 is 4.74 Å². The highest BCUT2D eigenvalue weighted by Crippen LogP contribution is 2.37. The smallest absolute Gasteiger partial charge is 0.223 e. The molecule has 25 heavy (non-hydrogen) atoms. The zero-order chi connectivity index (χ0) is 17.1. The fourth-order valence-corrected chi connectivity index (χ4v) is 4.26.